The fraction of sp³-hybridized carbons (Fsp3) is 0.619. The lowest BCUT2D eigenvalue weighted by Crippen LogP contribution is -2.44. The second kappa shape index (κ2) is 10.5. The zero-order valence-electron chi connectivity index (χ0n) is 17.7. The highest BCUT2D eigenvalue weighted by Crippen LogP contribution is 2.22. The molecule has 0 atom stereocenters. The van der Waals surface area contributed by atoms with Crippen molar-refractivity contribution in [2.75, 3.05) is 45.9 Å². The van der Waals surface area contributed by atoms with E-state index in [1.54, 1.807) is 12.5 Å². The Morgan fingerprint density at radius 1 is 1.21 bits per heavy atom. The predicted octanol–water partition coefficient (Wildman–Crippen LogP) is 2.18. The summed E-state index contributed by atoms with van der Waals surface area (Å²) in [5, 5.41) is 6.78. The van der Waals surface area contributed by atoms with E-state index < -0.39 is 0 Å². The topological polar surface area (TPSA) is 88.1 Å². The van der Waals surface area contributed by atoms with E-state index in [0.29, 0.717) is 12.4 Å². The summed E-state index contributed by atoms with van der Waals surface area (Å²) in [4.78, 5) is 11.4. The number of guanidine groups is 1. The molecule has 0 amide bonds. The van der Waals surface area contributed by atoms with E-state index in [2.05, 4.69) is 46.3 Å². The summed E-state index contributed by atoms with van der Waals surface area (Å²) in [5.74, 6) is 3.19. The minimum atomic E-state index is -0.0600. The van der Waals surface area contributed by atoms with Gasteiger partial charge in [-0.15, -0.1) is 0 Å². The number of aromatic nitrogens is 1. The molecule has 0 unspecified atom stereocenters. The van der Waals surface area contributed by atoms with Crippen molar-refractivity contribution in [2.45, 2.75) is 39.2 Å². The monoisotopic (exact) mass is 403 g/mol. The zero-order valence-corrected chi connectivity index (χ0v) is 17.7. The summed E-state index contributed by atoms with van der Waals surface area (Å²) in [6.07, 6.45) is 4.28. The Bertz CT molecular complexity index is 743. The molecule has 8 nitrogen and oxygen atoms in total. The largest absolute Gasteiger partial charge is 0.469 e. The van der Waals surface area contributed by atoms with Crippen molar-refractivity contribution in [3.63, 3.8) is 0 Å². The Kier molecular flexibility index (Phi) is 7.71. The minimum absolute atomic E-state index is 0.0600. The number of morpholine rings is 1. The van der Waals surface area contributed by atoms with Gasteiger partial charge in [-0.2, -0.15) is 0 Å². The van der Waals surface area contributed by atoms with Gasteiger partial charge >= 0.3 is 0 Å². The number of aliphatic imine (C=N–C) groups is 1. The molecule has 0 saturated carbocycles. The highest BCUT2D eigenvalue weighted by atomic mass is 16.5. The number of oxazole rings is 1. The SMILES string of the molecule is CC(C)(C)c1cnc(CN=C(NCCc2ccco2)NCCN2CCOCC2)o1. The number of hydrogen-bond donors (Lipinski definition) is 2. The molecule has 3 heterocycles. The molecule has 2 N–H and O–H groups in total. The Labute approximate surface area is 172 Å². The first kappa shape index (κ1) is 21.4. The molecule has 0 bridgehead atoms. The average molecular weight is 404 g/mol. The van der Waals surface area contributed by atoms with Crippen molar-refractivity contribution in [3.8, 4) is 0 Å². The molecule has 1 aliphatic heterocycles. The fourth-order valence-corrected chi connectivity index (χ4v) is 2.97. The predicted molar refractivity (Wildman–Crippen MR) is 112 cm³/mol. The van der Waals surface area contributed by atoms with Crippen LogP contribution in [-0.2, 0) is 23.1 Å². The van der Waals surface area contributed by atoms with Gasteiger partial charge in [-0.25, -0.2) is 9.98 Å². The quantitative estimate of drug-likeness (QED) is 0.516. The van der Waals surface area contributed by atoms with Crippen LogP contribution in [0.4, 0.5) is 0 Å². The number of furan rings is 1. The molecule has 0 aliphatic carbocycles. The molecular formula is C21H33N5O3. The molecule has 1 saturated heterocycles. The van der Waals surface area contributed by atoms with Gasteiger partial charge in [0.25, 0.3) is 0 Å². The summed E-state index contributed by atoms with van der Waals surface area (Å²) in [5.41, 5.74) is -0.0600. The van der Waals surface area contributed by atoms with Gasteiger partial charge in [0.2, 0.25) is 5.89 Å². The van der Waals surface area contributed by atoms with E-state index in [9.17, 15) is 0 Å². The van der Waals surface area contributed by atoms with Gasteiger partial charge in [0, 0.05) is 44.6 Å². The van der Waals surface area contributed by atoms with Gasteiger partial charge in [-0.1, -0.05) is 20.8 Å². The highest BCUT2D eigenvalue weighted by molar-refractivity contribution is 5.79. The normalized spacial score (nSPS) is 16.2. The molecule has 1 fully saturated rings. The summed E-state index contributed by atoms with van der Waals surface area (Å²) in [6.45, 7) is 12.8. The van der Waals surface area contributed by atoms with E-state index in [0.717, 1.165) is 69.8 Å². The van der Waals surface area contributed by atoms with Crippen LogP contribution in [0.15, 0.2) is 38.4 Å². The van der Waals surface area contributed by atoms with Crippen LogP contribution in [0, 0.1) is 0 Å². The van der Waals surface area contributed by atoms with Crippen molar-refractivity contribution < 1.29 is 13.6 Å². The van der Waals surface area contributed by atoms with Crippen LogP contribution >= 0.6 is 0 Å². The smallest absolute Gasteiger partial charge is 0.216 e. The number of nitrogens with one attached hydrogen (secondary N) is 2. The summed E-state index contributed by atoms with van der Waals surface area (Å²) in [6, 6.07) is 3.88. The minimum Gasteiger partial charge on any atom is -0.469 e. The van der Waals surface area contributed by atoms with E-state index in [1.165, 1.54) is 0 Å². The third-order valence-electron chi connectivity index (χ3n) is 4.73. The third kappa shape index (κ3) is 7.21. The molecule has 160 valence electrons. The van der Waals surface area contributed by atoms with Crippen molar-refractivity contribution in [2.24, 2.45) is 4.99 Å². The van der Waals surface area contributed by atoms with Crippen molar-refractivity contribution in [1.29, 1.82) is 0 Å². The maximum Gasteiger partial charge on any atom is 0.216 e. The Morgan fingerprint density at radius 3 is 2.69 bits per heavy atom. The molecule has 8 heteroatoms. The van der Waals surface area contributed by atoms with Gasteiger partial charge < -0.3 is 24.2 Å². The molecule has 2 aromatic heterocycles. The van der Waals surface area contributed by atoms with Crippen LogP contribution in [0.1, 0.15) is 38.2 Å². The van der Waals surface area contributed by atoms with Crippen LogP contribution in [0.2, 0.25) is 0 Å². The van der Waals surface area contributed by atoms with Crippen molar-refractivity contribution in [3.05, 3.63) is 42.0 Å². The number of ether oxygens (including phenoxy) is 1. The zero-order chi connectivity index (χ0) is 20.5. The molecule has 2 aromatic rings. The van der Waals surface area contributed by atoms with Crippen molar-refractivity contribution >= 4 is 5.96 Å². The van der Waals surface area contributed by atoms with E-state index in [-0.39, 0.29) is 5.41 Å². The lowest BCUT2D eigenvalue weighted by molar-refractivity contribution is 0.0389. The standard InChI is InChI=1S/C21H33N5O3/c1-21(2,3)18-15-24-19(29-18)16-25-20(22-7-6-17-5-4-12-28-17)23-8-9-26-10-13-27-14-11-26/h4-5,12,15H,6-11,13-14,16H2,1-3H3,(H2,22,23,25). The van der Waals surface area contributed by atoms with E-state index >= 15 is 0 Å². The van der Waals surface area contributed by atoms with E-state index in [4.69, 9.17) is 13.6 Å². The molecule has 0 spiro atoms. The number of nitrogens with zero attached hydrogens (tertiary/aromatic N) is 3. The summed E-state index contributed by atoms with van der Waals surface area (Å²) >= 11 is 0. The van der Waals surface area contributed by atoms with Crippen LogP contribution in [0.25, 0.3) is 0 Å². The summed E-state index contributed by atoms with van der Waals surface area (Å²) < 4.78 is 16.7. The van der Waals surface area contributed by atoms with Gasteiger partial charge in [-0.3, -0.25) is 4.90 Å². The molecule has 0 radical (unpaired) electrons. The number of rotatable bonds is 8. The Morgan fingerprint density at radius 2 is 2.00 bits per heavy atom. The van der Waals surface area contributed by atoms with Crippen LogP contribution in [0.3, 0.4) is 0 Å². The molecule has 0 aromatic carbocycles. The maximum atomic E-state index is 5.85. The Balaban J connectivity index is 1.53. The lowest BCUT2D eigenvalue weighted by atomic mass is 9.94. The van der Waals surface area contributed by atoms with Gasteiger partial charge in [0.1, 0.15) is 18.1 Å². The van der Waals surface area contributed by atoms with Crippen LogP contribution in [-0.4, -0.2) is 61.8 Å². The van der Waals surface area contributed by atoms with Crippen LogP contribution in [0.5, 0.6) is 0 Å². The second-order valence-corrected chi connectivity index (χ2v) is 8.17. The lowest BCUT2D eigenvalue weighted by Gasteiger charge is -2.26. The fourth-order valence-electron chi connectivity index (χ4n) is 2.97. The van der Waals surface area contributed by atoms with Gasteiger partial charge in [-0.05, 0) is 12.1 Å². The number of hydrogen-bond acceptors (Lipinski definition) is 6. The van der Waals surface area contributed by atoms with Gasteiger partial charge in [0.15, 0.2) is 5.96 Å². The second-order valence-electron chi connectivity index (χ2n) is 8.17. The molecule has 29 heavy (non-hydrogen) atoms. The van der Waals surface area contributed by atoms with Gasteiger partial charge in [0.05, 0.1) is 25.7 Å². The molecular weight excluding hydrogens is 370 g/mol. The maximum absolute atomic E-state index is 5.85. The molecule has 1 aliphatic rings. The first-order valence-electron chi connectivity index (χ1n) is 10.3. The first-order chi connectivity index (χ1) is 14.0. The average Bonchev–Trinajstić information content (AvgIpc) is 3.38. The third-order valence-corrected chi connectivity index (χ3v) is 4.73. The molecule has 3 rings (SSSR count). The summed E-state index contributed by atoms with van der Waals surface area (Å²) in [7, 11) is 0. The Hall–Kier alpha value is -2.32. The highest BCUT2D eigenvalue weighted by Gasteiger charge is 2.19. The van der Waals surface area contributed by atoms with Crippen LogP contribution < -0.4 is 10.6 Å². The van der Waals surface area contributed by atoms with Crippen molar-refractivity contribution in [1.82, 2.24) is 20.5 Å². The van der Waals surface area contributed by atoms with E-state index in [1.807, 2.05) is 12.1 Å². The first-order valence-corrected chi connectivity index (χ1v) is 10.3.